The van der Waals surface area contributed by atoms with Crippen molar-refractivity contribution in [1.29, 1.82) is 0 Å². The van der Waals surface area contributed by atoms with Crippen LogP contribution in [0, 0.1) is 0 Å². The van der Waals surface area contributed by atoms with Crippen LogP contribution in [-0.4, -0.2) is 30.0 Å². The van der Waals surface area contributed by atoms with Crippen LogP contribution in [0.2, 0.25) is 0 Å². The standard InChI is InChI=1S/C15H18ClNO2/c16-9-5-11-17-10-4-8-14(17)15(18)19-12-13-6-2-1-3-7-13/h1-3,5-7,9,14H,4,8,10-12H2. The summed E-state index contributed by atoms with van der Waals surface area (Å²) in [6.45, 7) is 1.97. The van der Waals surface area contributed by atoms with Gasteiger partial charge in [-0.2, -0.15) is 0 Å². The van der Waals surface area contributed by atoms with E-state index in [1.54, 1.807) is 0 Å². The number of benzene rings is 1. The molecule has 4 heteroatoms. The Morgan fingerprint density at radius 2 is 2.21 bits per heavy atom. The highest BCUT2D eigenvalue weighted by atomic mass is 35.5. The molecular weight excluding hydrogens is 262 g/mol. The van der Waals surface area contributed by atoms with Crippen molar-refractivity contribution >= 4 is 17.6 Å². The minimum atomic E-state index is -0.135. The third-order valence-corrected chi connectivity index (χ3v) is 3.47. The van der Waals surface area contributed by atoms with E-state index in [4.69, 9.17) is 16.3 Å². The van der Waals surface area contributed by atoms with E-state index in [9.17, 15) is 4.79 Å². The molecule has 0 amide bonds. The summed E-state index contributed by atoms with van der Waals surface area (Å²) >= 11 is 5.53. The van der Waals surface area contributed by atoms with Gasteiger partial charge in [0.05, 0.1) is 0 Å². The normalized spacial score (nSPS) is 19.9. The minimum Gasteiger partial charge on any atom is -0.460 e. The predicted octanol–water partition coefficient (Wildman–Crippen LogP) is 2.95. The molecule has 1 unspecified atom stereocenters. The first-order chi connectivity index (χ1) is 9.31. The number of carbonyl (C=O) groups is 1. The molecule has 1 saturated heterocycles. The van der Waals surface area contributed by atoms with E-state index < -0.39 is 0 Å². The first kappa shape index (κ1) is 14.1. The first-order valence-corrected chi connectivity index (χ1v) is 6.94. The largest absolute Gasteiger partial charge is 0.460 e. The summed E-state index contributed by atoms with van der Waals surface area (Å²) in [5.41, 5.74) is 2.51. The Balaban J connectivity index is 1.85. The van der Waals surface area contributed by atoms with E-state index in [0.29, 0.717) is 13.2 Å². The van der Waals surface area contributed by atoms with Crippen molar-refractivity contribution < 1.29 is 9.53 Å². The summed E-state index contributed by atoms with van der Waals surface area (Å²) < 4.78 is 5.38. The van der Waals surface area contributed by atoms with E-state index in [0.717, 1.165) is 24.9 Å². The number of hydrogen-bond donors (Lipinski definition) is 0. The number of likely N-dealkylation sites (tertiary alicyclic amines) is 1. The lowest BCUT2D eigenvalue weighted by Crippen LogP contribution is -2.37. The Morgan fingerprint density at radius 1 is 1.42 bits per heavy atom. The van der Waals surface area contributed by atoms with Gasteiger partial charge in [0.2, 0.25) is 0 Å². The Bertz CT molecular complexity index is 433. The maximum Gasteiger partial charge on any atom is 0.323 e. The first-order valence-electron chi connectivity index (χ1n) is 6.51. The minimum absolute atomic E-state index is 0.128. The summed E-state index contributed by atoms with van der Waals surface area (Å²) in [5, 5.41) is 0. The third kappa shape index (κ3) is 4.08. The van der Waals surface area contributed by atoms with Gasteiger partial charge >= 0.3 is 5.97 Å². The molecule has 1 aliphatic heterocycles. The summed E-state index contributed by atoms with van der Waals surface area (Å²) in [6.07, 6.45) is 3.75. The molecule has 1 aromatic carbocycles. The van der Waals surface area contributed by atoms with Crippen molar-refractivity contribution in [1.82, 2.24) is 4.90 Å². The third-order valence-electron chi connectivity index (χ3n) is 3.29. The lowest BCUT2D eigenvalue weighted by Gasteiger charge is -2.21. The van der Waals surface area contributed by atoms with Crippen molar-refractivity contribution in [2.75, 3.05) is 13.1 Å². The molecule has 0 aliphatic carbocycles. The molecule has 3 nitrogen and oxygen atoms in total. The fourth-order valence-corrected chi connectivity index (χ4v) is 2.39. The summed E-state index contributed by atoms with van der Waals surface area (Å²) in [7, 11) is 0. The molecule has 0 saturated carbocycles. The van der Waals surface area contributed by atoms with Crippen LogP contribution < -0.4 is 0 Å². The molecule has 1 aromatic rings. The SMILES string of the molecule is O=C(OCc1ccccc1)C1CCCN1CC=CCl. The summed E-state index contributed by atoms with van der Waals surface area (Å²) in [4.78, 5) is 14.2. The van der Waals surface area contributed by atoms with E-state index >= 15 is 0 Å². The van der Waals surface area contributed by atoms with Crippen LogP contribution in [-0.2, 0) is 16.1 Å². The van der Waals surface area contributed by atoms with Crippen LogP contribution in [0.4, 0.5) is 0 Å². The maximum atomic E-state index is 12.1. The van der Waals surface area contributed by atoms with E-state index in [2.05, 4.69) is 4.90 Å². The van der Waals surface area contributed by atoms with E-state index in [1.807, 2.05) is 36.4 Å². The van der Waals surface area contributed by atoms with Crippen LogP contribution in [0.1, 0.15) is 18.4 Å². The van der Waals surface area contributed by atoms with Gasteiger partial charge in [0.1, 0.15) is 12.6 Å². The molecule has 2 rings (SSSR count). The number of rotatable bonds is 5. The highest BCUT2D eigenvalue weighted by Gasteiger charge is 2.30. The number of carbonyl (C=O) groups excluding carboxylic acids is 1. The molecule has 1 atom stereocenters. The molecule has 1 fully saturated rings. The van der Waals surface area contributed by atoms with Crippen molar-refractivity contribution in [3.8, 4) is 0 Å². The van der Waals surface area contributed by atoms with Gasteiger partial charge in [-0.1, -0.05) is 48.0 Å². The number of nitrogens with zero attached hydrogens (tertiary/aromatic N) is 1. The van der Waals surface area contributed by atoms with Crippen LogP contribution >= 0.6 is 11.6 Å². The zero-order chi connectivity index (χ0) is 13.5. The average Bonchev–Trinajstić information content (AvgIpc) is 2.92. The lowest BCUT2D eigenvalue weighted by atomic mass is 10.2. The van der Waals surface area contributed by atoms with Crippen LogP contribution in [0.15, 0.2) is 41.9 Å². The van der Waals surface area contributed by atoms with Crippen LogP contribution in [0.3, 0.4) is 0 Å². The Morgan fingerprint density at radius 3 is 2.95 bits per heavy atom. The van der Waals surface area contributed by atoms with Gasteiger partial charge in [-0.3, -0.25) is 9.69 Å². The lowest BCUT2D eigenvalue weighted by molar-refractivity contribution is -0.150. The maximum absolute atomic E-state index is 12.1. The Kier molecular flexibility index (Phi) is 5.43. The quantitative estimate of drug-likeness (QED) is 0.776. The Labute approximate surface area is 118 Å². The van der Waals surface area contributed by atoms with Gasteiger partial charge in [-0.15, -0.1) is 0 Å². The highest BCUT2D eigenvalue weighted by molar-refractivity contribution is 6.25. The molecule has 0 radical (unpaired) electrons. The number of ether oxygens (including phenoxy) is 1. The summed E-state index contributed by atoms with van der Waals surface area (Å²) in [5.74, 6) is -0.135. The van der Waals surface area contributed by atoms with Gasteiger partial charge in [-0.05, 0) is 24.9 Å². The Hall–Kier alpha value is -1.32. The predicted molar refractivity (Wildman–Crippen MR) is 75.8 cm³/mol. The van der Waals surface area contributed by atoms with Gasteiger partial charge in [0, 0.05) is 12.1 Å². The van der Waals surface area contributed by atoms with Gasteiger partial charge in [0.25, 0.3) is 0 Å². The number of esters is 1. The van der Waals surface area contributed by atoms with Crippen LogP contribution in [0.25, 0.3) is 0 Å². The van der Waals surface area contributed by atoms with Crippen molar-refractivity contribution in [3.05, 3.63) is 47.5 Å². The molecule has 1 aliphatic rings. The molecule has 0 aromatic heterocycles. The fourth-order valence-electron chi connectivity index (χ4n) is 2.31. The second-order valence-electron chi connectivity index (χ2n) is 4.61. The zero-order valence-electron chi connectivity index (χ0n) is 10.8. The van der Waals surface area contributed by atoms with E-state index in [-0.39, 0.29) is 12.0 Å². The molecule has 0 N–H and O–H groups in total. The zero-order valence-corrected chi connectivity index (χ0v) is 11.6. The molecule has 19 heavy (non-hydrogen) atoms. The van der Waals surface area contributed by atoms with Gasteiger partial charge in [-0.25, -0.2) is 0 Å². The van der Waals surface area contributed by atoms with Crippen molar-refractivity contribution in [3.63, 3.8) is 0 Å². The second kappa shape index (κ2) is 7.31. The molecule has 0 bridgehead atoms. The molecule has 0 spiro atoms. The summed E-state index contributed by atoms with van der Waals surface area (Å²) in [6, 6.07) is 9.61. The smallest absolute Gasteiger partial charge is 0.323 e. The number of hydrogen-bond acceptors (Lipinski definition) is 3. The van der Waals surface area contributed by atoms with Gasteiger partial charge in [0.15, 0.2) is 0 Å². The average molecular weight is 280 g/mol. The van der Waals surface area contributed by atoms with Crippen LogP contribution in [0.5, 0.6) is 0 Å². The number of halogens is 1. The molecular formula is C15H18ClNO2. The monoisotopic (exact) mass is 279 g/mol. The second-order valence-corrected chi connectivity index (χ2v) is 4.86. The van der Waals surface area contributed by atoms with E-state index in [1.165, 1.54) is 5.54 Å². The molecule has 102 valence electrons. The fraction of sp³-hybridized carbons (Fsp3) is 0.400. The van der Waals surface area contributed by atoms with Crippen molar-refractivity contribution in [2.24, 2.45) is 0 Å². The van der Waals surface area contributed by atoms with Crippen molar-refractivity contribution in [2.45, 2.75) is 25.5 Å². The van der Waals surface area contributed by atoms with Gasteiger partial charge < -0.3 is 4.74 Å². The highest BCUT2D eigenvalue weighted by Crippen LogP contribution is 2.18. The topological polar surface area (TPSA) is 29.5 Å². The molecule has 1 heterocycles.